The van der Waals surface area contributed by atoms with E-state index < -0.39 is 75.6 Å². The van der Waals surface area contributed by atoms with Crippen LogP contribution >= 0.6 is 0 Å². The Kier molecular flexibility index (Phi) is 4.74. The fourth-order valence-electron chi connectivity index (χ4n) is 5.58. The van der Waals surface area contributed by atoms with Crippen LogP contribution in [-0.4, -0.2) is 79.7 Å². The van der Waals surface area contributed by atoms with Gasteiger partial charge in [-0.3, -0.25) is 19.3 Å². The molecule has 7 N–H and O–H groups in total. The van der Waals surface area contributed by atoms with E-state index in [4.69, 9.17) is 5.73 Å². The van der Waals surface area contributed by atoms with Gasteiger partial charge in [-0.05, 0) is 31.6 Å². The number of ketones is 2. The normalized spacial score (nSPS) is 34.4. The lowest BCUT2D eigenvalue weighted by atomic mass is 9.54. The number of rotatable bonds is 2. The monoisotopic (exact) mass is 444 g/mol. The van der Waals surface area contributed by atoms with Gasteiger partial charge in [-0.15, -0.1) is 0 Å². The summed E-state index contributed by atoms with van der Waals surface area (Å²) in [5, 5.41) is 54.9. The molecular formula is C22H24N2O8. The van der Waals surface area contributed by atoms with Crippen LogP contribution in [0.15, 0.2) is 35.1 Å². The van der Waals surface area contributed by atoms with Crippen LogP contribution in [0.5, 0.6) is 5.75 Å². The molecule has 0 radical (unpaired) electrons. The fourth-order valence-corrected chi connectivity index (χ4v) is 5.58. The van der Waals surface area contributed by atoms with Crippen LogP contribution in [0.25, 0.3) is 5.76 Å². The lowest BCUT2D eigenvalue weighted by Gasteiger charge is -2.53. The lowest BCUT2D eigenvalue weighted by molar-refractivity contribution is -0.169. The van der Waals surface area contributed by atoms with Gasteiger partial charge in [0.1, 0.15) is 22.8 Å². The second-order valence-electron chi connectivity index (χ2n) is 8.79. The average Bonchev–Trinajstić information content (AvgIpc) is 2.70. The summed E-state index contributed by atoms with van der Waals surface area (Å²) in [6, 6.07) is 3.13. The zero-order valence-corrected chi connectivity index (χ0v) is 17.6. The largest absolute Gasteiger partial charge is 0.508 e. The summed E-state index contributed by atoms with van der Waals surface area (Å²) in [7, 11) is 2.92. The molecule has 0 heterocycles. The first-order chi connectivity index (χ1) is 14.9. The molecule has 10 heteroatoms. The Hall–Kier alpha value is -3.21. The number of aliphatic hydroxyl groups is 4. The zero-order valence-electron chi connectivity index (χ0n) is 17.6. The van der Waals surface area contributed by atoms with Crippen molar-refractivity contribution in [3.05, 3.63) is 46.2 Å². The second-order valence-corrected chi connectivity index (χ2v) is 8.79. The van der Waals surface area contributed by atoms with E-state index in [1.807, 2.05) is 0 Å². The minimum Gasteiger partial charge on any atom is -0.508 e. The maximum atomic E-state index is 13.7. The number of amides is 1. The Morgan fingerprint density at radius 1 is 1.16 bits per heavy atom. The first kappa shape index (κ1) is 22.0. The average molecular weight is 444 g/mol. The fraction of sp³-hybridized carbons (Fsp3) is 0.409. The molecule has 1 fully saturated rings. The van der Waals surface area contributed by atoms with Crippen LogP contribution in [0.3, 0.4) is 0 Å². The van der Waals surface area contributed by atoms with Crippen molar-refractivity contribution in [2.75, 3.05) is 14.1 Å². The number of nitrogens with two attached hydrogens (primary N) is 1. The summed E-state index contributed by atoms with van der Waals surface area (Å²) in [5.41, 5.74) is 1.47. The Labute approximate surface area is 182 Å². The number of phenols is 1. The van der Waals surface area contributed by atoms with E-state index in [-0.39, 0.29) is 11.3 Å². The highest BCUT2D eigenvalue weighted by Crippen LogP contribution is 2.55. The highest BCUT2D eigenvalue weighted by atomic mass is 16.4. The van der Waals surface area contributed by atoms with Crippen molar-refractivity contribution in [3.63, 3.8) is 0 Å². The molecule has 1 aromatic rings. The van der Waals surface area contributed by atoms with Crippen molar-refractivity contribution in [1.82, 2.24) is 4.90 Å². The van der Waals surface area contributed by atoms with Gasteiger partial charge in [-0.25, -0.2) is 0 Å². The van der Waals surface area contributed by atoms with Crippen LogP contribution in [0.2, 0.25) is 0 Å². The molecule has 3 aliphatic rings. The van der Waals surface area contributed by atoms with Gasteiger partial charge in [0.05, 0.1) is 23.6 Å². The molecule has 170 valence electrons. The van der Waals surface area contributed by atoms with Crippen molar-refractivity contribution in [3.8, 4) is 5.75 Å². The summed E-state index contributed by atoms with van der Waals surface area (Å²) in [6.45, 7) is 1.68. The number of Topliss-reactive ketones (excluding diaryl/α,β-unsaturated/α-hetero) is 2. The number of primary amides is 1. The van der Waals surface area contributed by atoms with Crippen LogP contribution < -0.4 is 5.73 Å². The molecule has 0 unspecified atom stereocenters. The molecule has 3 aliphatic carbocycles. The molecular weight excluding hydrogens is 420 g/mol. The van der Waals surface area contributed by atoms with Crippen molar-refractivity contribution >= 4 is 23.2 Å². The summed E-state index contributed by atoms with van der Waals surface area (Å²) >= 11 is 0. The molecule has 1 saturated carbocycles. The standard InChI is InChI=1S/C22H24N2O8/c1-7-8-5-4-6-9(25)11(8)16(26)12-10(7)17(27)14-15(24(2)3)18(28)13(21(23)31)20(30)22(14,32)19(12)29/h4-7,10,14-15,17,25-27,30,32H,1-3H3,(H2,23,31)/t7-,10+,14-,15+,17+,22-/m0/s1. The number of nitrogens with zero attached hydrogens (tertiary/aromatic N) is 1. The number of hydrogen-bond donors (Lipinski definition) is 6. The lowest BCUT2D eigenvalue weighted by Crippen LogP contribution is -2.70. The summed E-state index contributed by atoms with van der Waals surface area (Å²) < 4.78 is 0. The van der Waals surface area contributed by atoms with E-state index in [9.17, 15) is 39.9 Å². The van der Waals surface area contributed by atoms with E-state index >= 15 is 0 Å². The molecule has 1 amide bonds. The number of likely N-dealkylation sites (N-methyl/N-ethyl adjacent to an activating group) is 1. The van der Waals surface area contributed by atoms with Crippen LogP contribution in [0.1, 0.15) is 24.0 Å². The van der Waals surface area contributed by atoms with Gasteiger partial charge in [0.15, 0.2) is 11.4 Å². The number of carbonyl (C=O) groups excluding carboxylic acids is 3. The van der Waals surface area contributed by atoms with Gasteiger partial charge in [0.25, 0.3) is 5.91 Å². The third-order valence-electron chi connectivity index (χ3n) is 6.99. The maximum absolute atomic E-state index is 13.7. The Balaban J connectivity index is 2.07. The SMILES string of the molecule is C[C@H]1c2cccc(O)c2C(O)=C2C(=O)[C@]3(O)C(O)=C(C(N)=O)C(=O)[C@H](N(C)C)[C@H]3[C@H](O)[C@@H]21. The summed E-state index contributed by atoms with van der Waals surface area (Å²) in [4.78, 5) is 40.0. The summed E-state index contributed by atoms with van der Waals surface area (Å²) in [5.74, 6) is -8.87. The van der Waals surface area contributed by atoms with Crippen molar-refractivity contribution in [2.24, 2.45) is 17.6 Å². The number of hydrogen-bond acceptors (Lipinski definition) is 9. The highest BCUT2D eigenvalue weighted by Gasteiger charge is 2.68. The van der Waals surface area contributed by atoms with Gasteiger partial charge in [0.2, 0.25) is 5.78 Å². The molecule has 0 saturated heterocycles. The molecule has 0 aliphatic heterocycles. The predicted molar refractivity (Wildman–Crippen MR) is 110 cm³/mol. The molecule has 32 heavy (non-hydrogen) atoms. The topological polar surface area (TPSA) is 182 Å². The predicted octanol–water partition coefficient (Wildman–Crippen LogP) is -0.504. The molecule has 4 rings (SSSR count). The molecule has 0 spiro atoms. The Morgan fingerprint density at radius 3 is 2.34 bits per heavy atom. The maximum Gasteiger partial charge on any atom is 0.255 e. The van der Waals surface area contributed by atoms with Crippen LogP contribution in [-0.2, 0) is 14.4 Å². The van der Waals surface area contributed by atoms with E-state index in [0.29, 0.717) is 5.56 Å². The van der Waals surface area contributed by atoms with E-state index in [1.54, 1.807) is 19.1 Å². The number of phenolic OH excluding ortho intramolecular Hbond substituents is 1. The van der Waals surface area contributed by atoms with Crippen molar-refractivity contribution in [1.29, 1.82) is 0 Å². The van der Waals surface area contributed by atoms with Gasteiger partial charge >= 0.3 is 0 Å². The highest BCUT2D eigenvalue weighted by molar-refractivity contribution is 6.24. The van der Waals surface area contributed by atoms with Crippen LogP contribution in [0, 0.1) is 11.8 Å². The first-order valence-electron chi connectivity index (χ1n) is 10.0. The number of benzene rings is 1. The van der Waals surface area contributed by atoms with Gasteiger partial charge in [0, 0.05) is 11.5 Å². The Bertz CT molecular complexity index is 1140. The Morgan fingerprint density at radius 2 is 1.78 bits per heavy atom. The van der Waals surface area contributed by atoms with E-state index in [2.05, 4.69) is 0 Å². The zero-order chi connectivity index (χ0) is 23.9. The molecule has 6 atom stereocenters. The van der Waals surface area contributed by atoms with Gasteiger partial charge in [-0.2, -0.15) is 0 Å². The smallest absolute Gasteiger partial charge is 0.255 e. The molecule has 1 aromatic carbocycles. The minimum atomic E-state index is -2.89. The van der Waals surface area contributed by atoms with E-state index in [1.165, 1.54) is 25.1 Å². The third-order valence-corrected chi connectivity index (χ3v) is 6.99. The van der Waals surface area contributed by atoms with Gasteiger partial charge in [-0.1, -0.05) is 19.1 Å². The number of aromatic hydroxyl groups is 1. The minimum absolute atomic E-state index is 0.0245. The summed E-state index contributed by atoms with van der Waals surface area (Å²) in [6.07, 6.45) is -1.59. The van der Waals surface area contributed by atoms with Crippen LogP contribution in [0.4, 0.5) is 0 Å². The molecule has 10 nitrogen and oxygen atoms in total. The molecule has 0 bridgehead atoms. The van der Waals surface area contributed by atoms with Crippen molar-refractivity contribution < 1.29 is 39.9 Å². The quantitative estimate of drug-likeness (QED) is 0.327. The van der Waals surface area contributed by atoms with Crippen molar-refractivity contribution in [2.45, 2.75) is 30.6 Å². The third kappa shape index (κ3) is 2.48. The number of carbonyl (C=O) groups is 3. The second kappa shape index (κ2) is 6.89. The van der Waals surface area contributed by atoms with Gasteiger partial charge < -0.3 is 31.3 Å². The first-order valence-corrected chi connectivity index (χ1v) is 10.0. The number of fused-ring (bicyclic) bond motifs is 3. The van der Waals surface area contributed by atoms with E-state index in [0.717, 1.165) is 0 Å². The molecule has 0 aromatic heterocycles. The number of aliphatic hydroxyl groups excluding tert-OH is 3.